The maximum absolute atomic E-state index is 14.0. The number of pyridine rings is 1. The fraction of sp³-hybridized carbons (Fsp3) is 0. The zero-order chi connectivity index (χ0) is 14.0. The van der Waals surface area contributed by atoms with Gasteiger partial charge in [-0.1, -0.05) is 23.7 Å². The van der Waals surface area contributed by atoms with Crippen molar-refractivity contribution in [2.24, 2.45) is 0 Å². The van der Waals surface area contributed by atoms with E-state index in [1.807, 2.05) is 0 Å². The second-order valence-electron chi connectivity index (χ2n) is 3.64. The second kappa shape index (κ2) is 5.04. The molecule has 1 aromatic carbocycles. The van der Waals surface area contributed by atoms with Crippen LogP contribution >= 0.6 is 11.6 Å². The minimum atomic E-state index is -1.25. The number of carboxylic acid groups (broad SMARTS) is 1. The number of carbonyl (C=O) groups is 1. The van der Waals surface area contributed by atoms with Crippen LogP contribution in [-0.2, 0) is 0 Å². The van der Waals surface area contributed by atoms with Gasteiger partial charge in [-0.15, -0.1) is 0 Å². The average molecular weight is 277 g/mol. The van der Waals surface area contributed by atoms with Crippen molar-refractivity contribution in [2.45, 2.75) is 0 Å². The first-order valence-electron chi connectivity index (χ1n) is 5.12. The molecule has 0 fully saturated rings. The summed E-state index contributed by atoms with van der Waals surface area (Å²) in [5, 5.41) is 17.9. The van der Waals surface area contributed by atoms with Crippen molar-refractivity contribution in [3.8, 4) is 17.2 Å². The zero-order valence-corrected chi connectivity index (χ0v) is 10.1. The van der Waals surface area contributed by atoms with E-state index in [4.69, 9.17) is 22.0 Å². The van der Waals surface area contributed by atoms with Gasteiger partial charge in [0.25, 0.3) is 0 Å². The molecule has 0 saturated carbocycles. The molecule has 2 aromatic rings. The Bertz CT molecular complexity index is 710. The van der Waals surface area contributed by atoms with Crippen molar-refractivity contribution in [2.75, 3.05) is 0 Å². The predicted octanol–water partition coefficient (Wildman–Crippen LogP) is 3.11. The van der Waals surface area contributed by atoms with E-state index in [1.54, 1.807) is 6.07 Å². The molecule has 6 heteroatoms. The van der Waals surface area contributed by atoms with Crippen LogP contribution in [-0.4, -0.2) is 16.1 Å². The maximum Gasteiger partial charge on any atom is 0.336 e. The van der Waals surface area contributed by atoms with Gasteiger partial charge >= 0.3 is 5.97 Å². The highest BCUT2D eigenvalue weighted by Gasteiger charge is 2.17. The first kappa shape index (κ1) is 13.0. The van der Waals surface area contributed by atoms with Crippen molar-refractivity contribution in [3.63, 3.8) is 0 Å². The van der Waals surface area contributed by atoms with Gasteiger partial charge in [0.1, 0.15) is 17.0 Å². The Labute approximate surface area is 112 Å². The molecule has 0 atom stereocenters. The van der Waals surface area contributed by atoms with Crippen molar-refractivity contribution in [1.29, 1.82) is 5.26 Å². The molecule has 1 N–H and O–H groups in total. The highest BCUT2D eigenvalue weighted by atomic mass is 35.5. The van der Waals surface area contributed by atoms with Crippen LogP contribution in [0.5, 0.6) is 0 Å². The topological polar surface area (TPSA) is 74.0 Å². The summed E-state index contributed by atoms with van der Waals surface area (Å²) in [5.74, 6) is -2.03. The van der Waals surface area contributed by atoms with Gasteiger partial charge in [0.15, 0.2) is 0 Å². The van der Waals surface area contributed by atoms with Crippen LogP contribution in [0.1, 0.15) is 15.9 Å². The summed E-state index contributed by atoms with van der Waals surface area (Å²) in [6, 6.07) is 6.99. The normalized spacial score (nSPS) is 9.95. The SMILES string of the molecule is N#Cc1cccc(-c2cnc(Cl)cc2C(=O)O)c1F. The van der Waals surface area contributed by atoms with E-state index < -0.39 is 11.8 Å². The summed E-state index contributed by atoms with van der Waals surface area (Å²) in [6.07, 6.45) is 1.17. The standard InChI is InChI=1S/C13H6ClFN2O2/c14-11-4-9(13(18)19)10(6-17-11)8-3-1-2-7(5-16)12(8)15/h1-4,6H,(H,18,19). The Hall–Kier alpha value is -2.45. The van der Waals surface area contributed by atoms with Gasteiger partial charge in [-0.3, -0.25) is 0 Å². The molecular formula is C13H6ClFN2O2. The molecular weight excluding hydrogens is 271 g/mol. The van der Waals surface area contributed by atoms with Crippen LogP contribution in [0.2, 0.25) is 5.15 Å². The van der Waals surface area contributed by atoms with E-state index in [2.05, 4.69) is 4.98 Å². The van der Waals surface area contributed by atoms with Gasteiger partial charge < -0.3 is 5.11 Å². The van der Waals surface area contributed by atoms with Gasteiger partial charge in [0.05, 0.1) is 11.1 Å². The smallest absolute Gasteiger partial charge is 0.336 e. The molecule has 0 amide bonds. The lowest BCUT2D eigenvalue weighted by Gasteiger charge is -2.08. The molecule has 1 heterocycles. The number of rotatable bonds is 2. The van der Waals surface area contributed by atoms with Crippen molar-refractivity contribution < 1.29 is 14.3 Å². The fourth-order valence-electron chi connectivity index (χ4n) is 1.65. The third kappa shape index (κ3) is 2.39. The monoisotopic (exact) mass is 276 g/mol. The molecule has 94 valence electrons. The molecule has 1 aromatic heterocycles. The van der Waals surface area contributed by atoms with Crippen LogP contribution in [0.3, 0.4) is 0 Å². The third-order valence-electron chi connectivity index (χ3n) is 2.51. The molecule has 0 radical (unpaired) electrons. The van der Waals surface area contributed by atoms with Crippen LogP contribution in [0, 0.1) is 17.1 Å². The Morgan fingerprint density at radius 2 is 2.16 bits per heavy atom. The molecule has 4 nitrogen and oxygen atoms in total. The summed E-state index contributed by atoms with van der Waals surface area (Å²) in [6.45, 7) is 0. The summed E-state index contributed by atoms with van der Waals surface area (Å²) >= 11 is 5.63. The number of benzene rings is 1. The van der Waals surface area contributed by atoms with E-state index in [-0.39, 0.29) is 27.4 Å². The van der Waals surface area contributed by atoms with E-state index in [0.29, 0.717) is 0 Å². The molecule has 0 spiro atoms. The maximum atomic E-state index is 14.0. The van der Waals surface area contributed by atoms with Crippen molar-refractivity contribution in [3.05, 3.63) is 52.6 Å². The van der Waals surface area contributed by atoms with Crippen LogP contribution in [0.4, 0.5) is 4.39 Å². The highest BCUT2D eigenvalue weighted by molar-refractivity contribution is 6.29. The molecule has 0 aliphatic rings. The molecule has 0 bridgehead atoms. The van der Waals surface area contributed by atoms with E-state index in [0.717, 1.165) is 6.07 Å². The Morgan fingerprint density at radius 1 is 1.42 bits per heavy atom. The quantitative estimate of drug-likeness (QED) is 0.855. The number of aromatic nitrogens is 1. The average Bonchev–Trinajstić information content (AvgIpc) is 2.39. The Kier molecular flexibility index (Phi) is 3.45. The van der Waals surface area contributed by atoms with Crippen molar-refractivity contribution in [1.82, 2.24) is 4.98 Å². The molecule has 0 unspecified atom stereocenters. The van der Waals surface area contributed by atoms with Gasteiger partial charge in [0, 0.05) is 17.3 Å². The molecule has 0 aliphatic carbocycles. The third-order valence-corrected chi connectivity index (χ3v) is 2.72. The first-order chi connectivity index (χ1) is 9.04. The summed E-state index contributed by atoms with van der Waals surface area (Å²) < 4.78 is 14.0. The number of nitriles is 1. The largest absolute Gasteiger partial charge is 0.478 e. The van der Waals surface area contributed by atoms with Crippen LogP contribution in [0.15, 0.2) is 30.5 Å². The summed E-state index contributed by atoms with van der Waals surface area (Å²) in [7, 11) is 0. The van der Waals surface area contributed by atoms with E-state index in [9.17, 15) is 9.18 Å². The Morgan fingerprint density at radius 3 is 2.79 bits per heavy atom. The lowest BCUT2D eigenvalue weighted by Crippen LogP contribution is -2.02. The number of hydrogen-bond acceptors (Lipinski definition) is 3. The molecule has 0 saturated heterocycles. The molecule has 19 heavy (non-hydrogen) atoms. The summed E-state index contributed by atoms with van der Waals surface area (Å²) in [4.78, 5) is 14.9. The molecule has 2 rings (SSSR count). The van der Waals surface area contributed by atoms with Gasteiger partial charge in [-0.25, -0.2) is 14.2 Å². The lowest BCUT2D eigenvalue weighted by atomic mass is 9.99. The first-order valence-corrected chi connectivity index (χ1v) is 5.50. The number of aromatic carboxylic acids is 1. The van der Waals surface area contributed by atoms with E-state index in [1.165, 1.54) is 24.4 Å². The fourth-order valence-corrected chi connectivity index (χ4v) is 1.81. The van der Waals surface area contributed by atoms with Crippen LogP contribution in [0.25, 0.3) is 11.1 Å². The number of carboxylic acids is 1. The number of nitrogens with zero attached hydrogens (tertiary/aromatic N) is 2. The minimum absolute atomic E-state index is 0.000571. The zero-order valence-electron chi connectivity index (χ0n) is 9.39. The molecule has 0 aliphatic heterocycles. The highest BCUT2D eigenvalue weighted by Crippen LogP contribution is 2.28. The van der Waals surface area contributed by atoms with Crippen molar-refractivity contribution >= 4 is 17.6 Å². The Balaban J connectivity index is 2.73. The lowest BCUT2D eigenvalue weighted by molar-refractivity contribution is 0.0697. The summed E-state index contributed by atoms with van der Waals surface area (Å²) in [5.41, 5.74) is -0.259. The number of hydrogen-bond donors (Lipinski definition) is 1. The number of halogens is 2. The van der Waals surface area contributed by atoms with Gasteiger partial charge in [0.2, 0.25) is 0 Å². The van der Waals surface area contributed by atoms with E-state index >= 15 is 0 Å². The van der Waals surface area contributed by atoms with Crippen LogP contribution < -0.4 is 0 Å². The minimum Gasteiger partial charge on any atom is -0.478 e. The van der Waals surface area contributed by atoms with Gasteiger partial charge in [-0.2, -0.15) is 5.26 Å². The van der Waals surface area contributed by atoms with Gasteiger partial charge in [-0.05, 0) is 12.1 Å². The predicted molar refractivity (Wildman–Crippen MR) is 66.3 cm³/mol. The second-order valence-corrected chi connectivity index (χ2v) is 4.02.